The van der Waals surface area contributed by atoms with Crippen LogP contribution in [0.1, 0.15) is 54.4 Å². The van der Waals surface area contributed by atoms with Crippen molar-refractivity contribution in [2.75, 3.05) is 18.5 Å². The van der Waals surface area contributed by atoms with E-state index in [4.69, 9.17) is 5.11 Å². The molecule has 0 bridgehead atoms. The van der Waals surface area contributed by atoms with Gasteiger partial charge < -0.3 is 10.4 Å². The number of anilines is 1. The Kier molecular flexibility index (Phi) is 8.13. The summed E-state index contributed by atoms with van der Waals surface area (Å²) in [6.45, 7) is 2.60. The number of aryl methyl sites for hydroxylation is 1. The van der Waals surface area contributed by atoms with Crippen LogP contribution >= 0.6 is 0 Å². The van der Waals surface area contributed by atoms with Crippen LogP contribution in [0.15, 0.2) is 18.2 Å². The highest BCUT2D eigenvalue weighted by Gasteiger charge is 2.35. The number of benzene rings is 1. The third kappa shape index (κ3) is 5.39. The summed E-state index contributed by atoms with van der Waals surface area (Å²) < 4.78 is 0. The number of hydrogen-bond acceptors (Lipinski definition) is 6. The average molecular weight is 389 g/mol. The van der Waals surface area contributed by atoms with Crippen LogP contribution in [-0.2, 0) is 14.4 Å². The van der Waals surface area contributed by atoms with Gasteiger partial charge in [0.25, 0.3) is 5.91 Å². The molecule has 152 valence electrons. The van der Waals surface area contributed by atoms with Crippen molar-refractivity contribution in [2.24, 2.45) is 0 Å². The Bertz CT molecular complexity index is 735. The topological polar surface area (TPSA) is 116 Å². The van der Waals surface area contributed by atoms with Crippen molar-refractivity contribution in [3.05, 3.63) is 29.3 Å². The van der Waals surface area contributed by atoms with E-state index in [1.807, 2.05) is 6.07 Å². The summed E-state index contributed by atoms with van der Waals surface area (Å²) in [5.74, 6) is -1.60. The fourth-order valence-electron chi connectivity index (χ4n) is 3.25. The van der Waals surface area contributed by atoms with Crippen molar-refractivity contribution >= 4 is 29.8 Å². The largest absolute Gasteiger partial charge is 0.396 e. The first kappa shape index (κ1) is 21.6. The van der Waals surface area contributed by atoms with Crippen LogP contribution in [0, 0.1) is 6.92 Å². The quantitative estimate of drug-likeness (QED) is 0.316. The van der Waals surface area contributed by atoms with Crippen LogP contribution in [0.4, 0.5) is 5.69 Å². The third-order valence-corrected chi connectivity index (χ3v) is 4.78. The van der Waals surface area contributed by atoms with Gasteiger partial charge in [-0.3, -0.25) is 29.4 Å². The molecule has 1 aromatic carbocycles. The Morgan fingerprint density at radius 3 is 2.71 bits per heavy atom. The Morgan fingerprint density at radius 2 is 2.04 bits per heavy atom. The summed E-state index contributed by atoms with van der Waals surface area (Å²) in [7, 11) is 0. The van der Waals surface area contributed by atoms with Gasteiger partial charge in [-0.1, -0.05) is 25.0 Å². The zero-order valence-corrected chi connectivity index (χ0v) is 16.1. The van der Waals surface area contributed by atoms with Crippen LogP contribution in [-0.4, -0.2) is 53.3 Å². The molecule has 1 aromatic rings. The molecule has 0 aromatic heterocycles. The van der Waals surface area contributed by atoms with Gasteiger partial charge in [0, 0.05) is 25.3 Å². The van der Waals surface area contributed by atoms with E-state index in [-0.39, 0.29) is 19.4 Å². The molecular formula is C20H27N3O5. The Morgan fingerprint density at radius 1 is 1.29 bits per heavy atom. The number of aliphatic hydroxyl groups is 1. The number of nitrogens with one attached hydrogen (secondary N) is 2. The van der Waals surface area contributed by atoms with E-state index in [2.05, 4.69) is 10.6 Å². The zero-order valence-electron chi connectivity index (χ0n) is 16.1. The van der Waals surface area contributed by atoms with Crippen molar-refractivity contribution in [1.82, 2.24) is 10.2 Å². The Hall–Kier alpha value is -2.74. The van der Waals surface area contributed by atoms with Gasteiger partial charge >= 0.3 is 0 Å². The maximum Gasteiger partial charge on any atom is 0.263 e. The molecule has 0 radical (unpaired) electrons. The number of nitrogens with zero attached hydrogens (tertiary/aromatic N) is 1. The van der Waals surface area contributed by atoms with Crippen LogP contribution in [0.2, 0.25) is 0 Å². The van der Waals surface area contributed by atoms with Gasteiger partial charge in [0.15, 0.2) is 0 Å². The van der Waals surface area contributed by atoms with Gasteiger partial charge in [-0.2, -0.15) is 0 Å². The smallest absolute Gasteiger partial charge is 0.263 e. The maximum atomic E-state index is 13.1. The van der Waals surface area contributed by atoms with E-state index in [0.717, 1.165) is 30.6 Å². The van der Waals surface area contributed by atoms with Crippen molar-refractivity contribution in [1.29, 1.82) is 0 Å². The van der Waals surface area contributed by atoms with Gasteiger partial charge in [0.05, 0.1) is 5.56 Å². The second kappa shape index (κ2) is 10.6. The standard InChI is InChI=1S/C20H27N3O5/c1-14-7-6-8-15(21-11-4-2-3-5-12-24)18(14)20(28)23(13-25)16-9-10-17(26)22-19(16)27/h6-8,13,16,21,24H,2-5,9-12H2,1H3,(H,22,26,27). The summed E-state index contributed by atoms with van der Waals surface area (Å²) in [6, 6.07) is 4.36. The van der Waals surface area contributed by atoms with Crippen molar-refractivity contribution in [3.63, 3.8) is 0 Å². The molecule has 8 nitrogen and oxygen atoms in total. The average Bonchev–Trinajstić information content (AvgIpc) is 2.66. The van der Waals surface area contributed by atoms with Gasteiger partial charge in [0.2, 0.25) is 18.2 Å². The first-order chi connectivity index (χ1) is 13.5. The number of piperidine rings is 1. The lowest BCUT2D eigenvalue weighted by Crippen LogP contribution is -2.54. The van der Waals surface area contributed by atoms with Crippen molar-refractivity contribution in [2.45, 2.75) is 51.5 Å². The molecular weight excluding hydrogens is 362 g/mol. The number of carbonyl (C=O) groups is 4. The summed E-state index contributed by atoms with van der Waals surface area (Å²) in [4.78, 5) is 49.0. The molecule has 1 unspecified atom stereocenters. The number of hydrogen-bond donors (Lipinski definition) is 3. The number of rotatable bonds is 10. The van der Waals surface area contributed by atoms with Gasteiger partial charge in [-0.05, 0) is 37.8 Å². The molecule has 1 atom stereocenters. The number of unbranched alkanes of at least 4 members (excludes halogenated alkanes) is 3. The monoisotopic (exact) mass is 389 g/mol. The van der Waals surface area contributed by atoms with E-state index in [9.17, 15) is 19.2 Å². The minimum Gasteiger partial charge on any atom is -0.396 e. The second-order valence-corrected chi connectivity index (χ2v) is 6.85. The van der Waals surface area contributed by atoms with E-state index < -0.39 is 23.8 Å². The normalized spacial score (nSPS) is 16.4. The molecule has 0 saturated carbocycles. The summed E-state index contributed by atoms with van der Waals surface area (Å²) in [5, 5.41) is 14.2. The molecule has 2 rings (SSSR count). The molecule has 3 N–H and O–H groups in total. The second-order valence-electron chi connectivity index (χ2n) is 6.85. The molecule has 8 heteroatoms. The molecule has 1 saturated heterocycles. The fraction of sp³-hybridized carbons (Fsp3) is 0.500. The maximum absolute atomic E-state index is 13.1. The highest BCUT2D eigenvalue weighted by Crippen LogP contribution is 2.24. The lowest BCUT2D eigenvalue weighted by Gasteiger charge is -2.29. The molecule has 28 heavy (non-hydrogen) atoms. The van der Waals surface area contributed by atoms with Crippen LogP contribution in [0.3, 0.4) is 0 Å². The van der Waals surface area contributed by atoms with Crippen molar-refractivity contribution in [3.8, 4) is 0 Å². The number of carbonyl (C=O) groups excluding carboxylic acids is 4. The predicted molar refractivity (Wildman–Crippen MR) is 104 cm³/mol. The lowest BCUT2D eigenvalue weighted by molar-refractivity contribution is -0.139. The third-order valence-electron chi connectivity index (χ3n) is 4.78. The van der Waals surface area contributed by atoms with Gasteiger partial charge in [0.1, 0.15) is 6.04 Å². The molecule has 4 amide bonds. The zero-order chi connectivity index (χ0) is 20.5. The highest BCUT2D eigenvalue weighted by molar-refractivity contribution is 6.09. The number of aliphatic hydroxyl groups excluding tert-OH is 1. The van der Waals surface area contributed by atoms with Crippen LogP contribution in [0.25, 0.3) is 0 Å². The predicted octanol–water partition coefficient (Wildman–Crippen LogP) is 1.36. The van der Waals surface area contributed by atoms with E-state index in [1.165, 1.54) is 0 Å². The molecule has 0 spiro atoms. The highest BCUT2D eigenvalue weighted by atomic mass is 16.3. The van der Waals surface area contributed by atoms with Crippen LogP contribution < -0.4 is 10.6 Å². The van der Waals surface area contributed by atoms with Crippen LogP contribution in [0.5, 0.6) is 0 Å². The van der Waals surface area contributed by atoms with E-state index in [1.54, 1.807) is 19.1 Å². The van der Waals surface area contributed by atoms with Gasteiger partial charge in [-0.15, -0.1) is 0 Å². The number of amides is 4. The fourth-order valence-corrected chi connectivity index (χ4v) is 3.25. The molecule has 1 aliphatic rings. The molecule has 1 heterocycles. The molecule has 0 aliphatic carbocycles. The molecule has 1 fully saturated rings. The Balaban J connectivity index is 2.13. The molecule has 1 aliphatic heterocycles. The first-order valence-electron chi connectivity index (χ1n) is 9.55. The van der Waals surface area contributed by atoms with E-state index in [0.29, 0.717) is 29.8 Å². The minimum atomic E-state index is -0.992. The summed E-state index contributed by atoms with van der Waals surface area (Å²) >= 11 is 0. The number of imide groups is 2. The van der Waals surface area contributed by atoms with Gasteiger partial charge in [-0.25, -0.2) is 0 Å². The summed E-state index contributed by atoms with van der Waals surface area (Å²) in [6.07, 6.45) is 4.11. The first-order valence-corrected chi connectivity index (χ1v) is 9.55. The minimum absolute atomic E-state index is 0.0841. The lowest BCUT2D eigenvalue weighted by atomic mass is 10.0. The van der Waals surface area contributed by atoms with Crippen molar-refractivity contribution < 1.29 is 24.3 Å². The summed E-state index contributed by atoms with van der Waals surface area (Å²) in [5.41, 5.74) is 1.63. The Labute approximate surface area is 164 Å². The SMILES string of the molecule is Cc1cccc(NCCCCCCO)c1C(=O)N(C=O)C1CCC(=O)NC1=O. The van der Waals surface area contributed by atoms with E-state index >= 15 is 0 Å².